The lowest BCUT2D eigenvalue weighted by atomic mass is 10.2. The Morgan fingerprint density at radius 2 is 2.23 bits per heavy atom. The van der Waals surface area contributed by atoms with E-state index in [-0.39, 0.29) is 11.6 Å². The molecule has 0 spiro atoms. The van der Waals surface area contributed by atoms with Gasteiger partial charge in [-0.05, 0) is 18.0 Å². The molecule has 1 N–H and O–H groups in total. The maximum Gasteiger partial charge on any atom is 0.275 e. The summed E-state index contributed by atoms with van der Waals surface area (Å²) >= 11 is 0. The largest absolute Gasteiger partial charge is 0.350 e. The summed E-state index contributed by atoms with van der Waals surface area (Å²) in [5.41, 5.74) is 0.780. The number of aromatic nitrogens is 2. The summed E-state index contributed by atoms with van der Waals surface area (Å²) in [6, 6.07) is 0. The predicted molar refractivity (Wildman–Crippen MR) is 46.2 cm³/mol. The number of nitrogens with one attached hydrogen (secondary N) is 1. The third-order valence-electron chi connectivity index (χ3n) is 1.54. The van der Waals surface area contributed by atoms with Crippen molar-refractivity contribution in [3.8, 4) is 0 Å². The molecule has 0 aliphatic rings. The zero-order chi connectivity index (χ0) is 9.84. The molecule has 0 aliphatic heterocycles. The minimum absolute atomic E-state index is 0.229. The van der Waals surface area contributed by atoms with Crippen LogP contribution in [0.1, 0.15) is 30.0 Å². The zero-order valence-corrected chi connectivity index (χ0v) is 8.00. The van der Waals surface area contributed by atoms with Gasteiger partial charge >= 0.3 is 0 Å². The van der Waals surface area contributed by atoms with Crippen molar-refractivity contribution in [2.45, 2.75) is 20.8 Å². The van der Waals surface area contributed by atoms with Crippen molar-refractivity contribution < 1.29 is 9.42 Å². The van der Waals surface area contributed by atoms with E-state index in [1.54, 1.807) is 6.92 Å². The number of nitrogens with zero attached hydrogens (tertiary/aromatic N) is 2. The van der Waals surface area contributed by atoms with Crippen LogP contribution in [-0.4, -0.2) is 22.8 Å². The van der Waals surface area contributed by atoms with Gasteiger partial charge in [0.1, 0.15) is 5.69 Å². The van der Waals surface area contributed by atoms with Gasteiger partial charge in [0.25, 0.3) is 5.91 Å². The van der Waals surface area contributed by atoms with Gasteiger partial charge in [0.05, 0.1) is 0 Å². The highest BCUT2D eigenvalue weighted by atomic mass is 16.6. The molecule has 1 heterocycles. The Hall–Kier alpha value is -1.39. The summed E-state index contributed by atoms with van der Waals surface area (Å²) in [6.45, 7) is 6.36. The van der Waals surface area contributed by atoms with Gasteiger partial charge < -0.3 is 5.32 Å². The second-order valence-electron chi connectivity index (χ2n) is 3.30. The third-order valence-corrected chi connectivity index (χ3v) is 1.54. The summed E-state index contributed by atoms with van der Waals surface area (Å²) in [6.07, 6.45) is 0. The Kier molecular flexibility index (Phi) is 3.00. The molecule has 0 aliphatic carbocycles. The van der Waals surface area contributed by atoms with Crippen LogP contribution in [0.5, 0.6) is 0 Å². The predicted octanol–water partition coefficient (Wildman–Crippen LogP) is 0.764. The molecule has 5 heteroatoms. The molecular weight excluding hydrogens is 170 g/mol. The van der Waals surface area contributed by atoms with Crippen molar-refractivity contribution in [1.29, 1.82) is 0 Å². The van der Waals surface area contributed by atoms with E-state index in [4.69, 9.17) is 0 Å². The van der Waals surface area contributed by atoms with Gasteiger partial charge in [0.2, 0.25) is 0 Å². The Bertz CT molecular complexity index is 293. The average Bonchev–Trinajstić information content (AvgIpc) is 2.47. The van der Waals surface area contributed by atoms with Crippen LogP contribution in [0.3, 0.4) is 0 Å². The Morgan fingerprint density at radius 3 is 2.69 bits per heavy atom. The first-order valence-electron chi connectivity index (χ1n) is 4.18. The van der Waals surface area contributed by atoms with E-state index in [9.17, 15) is 4.79 Å². The standard InChI is InChI=1S/C8H13N3O2/c1-5(2)4-9-8(12)7-6(3)10-13-11-7/h5H,4H2,1-3H3,(H,9,12). The summed E-state index contributed by atoms with van der Waals surface area (Å²) < 4.78 is 4.41. The second-order valence-corrected chi connectivity index (χ2v) is 3.30. The van der Waals surface area contributed by atoms with Crippen molar-refractivity contribution in [2.24, 2.45) is 5.92 Å². The first-order chi connectivity index (χ1) is 6.11. The Balaban J connectivity index is 2.54. The van der Waals surface area contributed by atoms with Crippen molar-refractivity contribution in [2.75, 3.05) is 6.54 Å². The molecule has 0 aromatic carbocycles. The lowest BCUT2D eigenvalue weighted by Crippen LogP contribution is -2.28. The van der Waals surface area contributed by atoms with Crippen LogP contribution < -0.4 is 5.32 Å². The fraction of sp³-hybridized carbons (Fsp3) is 0.625. The van der Waals surface area contributed by atoms with Crippen molar-refractivity contribution in [3.63, 3.8) is 0 Å². The van der Waals surface area contributed by atoms with Crippen molar-refractivity contribution >= 4 is 5.91 Å². The average molecular weight is 183 g/mol. The van der Waals surface area contributed by atoms with Crippen LogP contribution in [0.2, 0.25) is 0 Å². The molecule has 0 fully saturated rings. The van der Waals surface area contributed by atoms with Crippen molar-refractivity contribution in [3.05, 3.63) is 11.4 Å². The topological polar surface area (TPSA) is 68.0 Å². The molecule has 1 amide bonds. The Morgan fingerprint density at radius 1 is 1.54 bits per heavy atom. The summed E-state index contributed by atoms with van der Waals surface area (Å²) in [5, 5.41) is 9.74. The maximum atomic E-state index is 11.4. The number of carbonyl (C=O) groups is 1. The van der Waals surface area contributed by atoms with E-state index in [0.29, 0.717) is 18.2 Å². The van der Waals surface area contributed by atoms with Crippen LogP contribution >= 0.6 is 0 Å². The number of rotatable bonds is 3. The highest BCUT2D eigenvalue weighted by Gasteiger charge is 2.14. The molecule has 0 atom stereocenters. The summed E-state index contributed by atoms with van der Waals surface area (Å²) in [4.78, 5) is 11.4. The number of aryl methyl sites for hydroxylation is 1. The fourth-order valence-corrected chi connectivity index (χ4v) is 0.818. The van der Waals surface area contributed by atoms with Gasteiger partial charge in [0, 0.05) is 6.54 Å². The van der Waals surface area contributed by atoms with E-state index in [2.05, 4.69) is 20.3 Å². The van der Waals surface area contributed by atoms with Crippen LogP contribution in [-0.2, 0) is 0 Å². The lowest BCUT2D eigenvalue weighted by molar-refractivity contribution is 0.0938. The number of hydrogen-bond donors (Lipinski definition) is 1. The molecule has 0 unspecified atom stereocenters. The molecule has 0 radical (unpaired) electrons. The van der Waals surface area contributed by atoms with E-state index < -0.39 is 0 Å². The molecule has 1 rings (SSSR count). The maximum absolute atomic E-state index is 11.4. The SMILES string of the molecule is Cc1nonc1C(=O)NCC(C)C. The van der Waals surface area contributed by atoms with E-state index in [1.165, 1.54) is 0 Å². The van der Waals surface area contributed by atoms with Crippen LogP contribution in [0.4, 0.5) is 0 Å². The number of amides is 1. The number of carbonyl (C=O) groups excluding carboxylic acids is 1. The molecule has 1 aromatic heterocycles. The third kappa shape index (κ3) is 2.54. The minimum atomic E-state index is -0.229. The highest BCUT2D eigenvalue weighted by molar-refractivity contribution is 5.92. The van der Waals surface area contributed by atoms with Crippen LogP contribution in [0.15, 0.2) is 4.63 Å². The minimum Gasteiger partial charge on any atom is -0.350 e. The quantitative estimate of drug-likeness (QED) is 0.751. The van der Waals surface area contributed by atoms with Gasteiger partial charge in [0.15, 0.2) is 5.69 Å². The molecule has 0 saturated heterocycles. The molecule has 72 valence electrons. The molecule has 0 bridgehead atoms. The molecule has 0 saturated carbocycles. The normalized spacial score (nSPS) is 10.5. The molecule has 5 nitrogen and oxygen atoms in total. The molecule has 13 heavy (non-hydrogen) atoms. The monoisotopic (exact) mass is 183 g/mol. The summed E-state index contributed by atoms with van der Waals surface area (Å²) in [5.74, 6) is 0.191. The molecular formula is C8H13N3O2. The first-order valence-corrected chi connectivity index (χ1v) is 4.18. The Labute approximate surface area is 76.5 Å². The van der Waals surface area contributed by atoms with Crippen molar-refractivity contribution in [1.82, 2.24) is 15.6 Å². The van der Waals surface area contributed by atoms with Crippen LogP contribution in [0.25, 0.3) is 0 Å². The van der Waals surface area contributed by atoms with Gasteiger partial charge in [-0.15, -0.1) is 0 Å². The van der Waals surface area contributed by atoms with Crippen LogP contribution in [0, 0.1) is 12.8 Å². The first kappa shape index (κ1) is 9.70. The summed E-state index contributed by atoms with van der Waals surface area (Å²) in [7, 11) is 0. The lowest BCUT2D eigenvalue weighted by Gasteiger charge is -2.04. The fourth-order valence-electron chi connectivity index (χ4n) is 0.818. The highest BCUT2D eigenvalue weighted by Crippen LogP contribution is 2.00. The van der Waals surface area contributed by atoms with E-state index in [1.807, 2.05) is 13.8 Å². The van der Waals surface area contributed by atoms with Gasteiger partial charge in [-0.2, -0.15) is 0 Å². The smallest absolute Gasteiger partial charge is 0.275 e. The zero-order valence-electron chi connectivity index (χ0n) is 8.00. The second kappa shape index (κ2) is 4.02. The molecule has 1 aromatic rings. The number of hydrogen-bond acceptors (Lipinski definition) is 4. The van der Waals surface area contributed by atoms with E-state index in [0.717, 1.165) is 0 Å². The van der Waals surface area contributed by atoms with Gasteiger partial charge in [-0.3, -0.25) is 4.79 Å². The van der Waals surface area contributed by atoms with Gasteiger partial charge in [-0.25, -0.2) is 4.63 Å². The van der Waals surface area contributed by atoms with Gasteiger partial charge in [-0.1, -0.05) is 19.0 Å². The van der Waals surface area contributed by atoms with E-state index >= 15 is 0 Å².